The summed E-state index contributed by atoms with van der Waals surface area (Å²) in [5.74, 6) is 0.287. The van der Waals surface area contributed by atoms with Gasteiger partial charge in [0.2, 0.25) is 0 Å². The van der Waals surface area contributed by atoms with Gasteiger partial charge in [-0.25, -0.2) is 4.39 Å². The first kappa shape index (κ1) is 16.0. The lowest BCUT2D eigenvalue weighted by Crippen LogP contribution is -2.38. The molecular formula is C14H21BrFN3. The molecule has 1 unspecified atom stereocenters. The van der Waals surface area contributed by atoms with Crippen molar-refractivity contribution in [1.29, 1.82) is 0 Å². The topological polar surface area (TPSA) is 50.4 Å². The second-order valence-corrected chi connectivity index (χ2v) is 5.48. The van der Waals surface area contributed by atoms with Crippen LogP contribution >= 0.6 is 15.9 Å². The van der Waals surface area contributed by atoms with Gasteiger partial charge in [-0.3, -0.25) is 4.99 Å². The highest BCUT2D eigenvalue weighted by atomic mass is 79.9. The van der Waals surface area contributed by atoms with Gasteiger partial charge in [0.25, 0.3) is 0 Å². The number of guanidine groups is 1. The Kier molecular flexibility index (Phi) is 6.84. The fourth-order valence-corrected chi connectivity index (χ4v) is 1.93. The van der Waals surface area contributed by atoms with Gasteiger partial charge in [-0.05, 0) is 43.9 Å². The molecule has 0 heterocycles. The lowest BCUT2D eigenvalue weighted by Gasteiger charge is -2.11. The number of hydrogen-bond donors (Lipinski definition) is 2. The van der Waals surface area contributed by atoms with Crippen molar-refractivity contribution in [1.82, 2.24) is 5.32 Å². The molecule has 19 heavy (non-hydrogen) atoms. The molecule has 5 heteroatoms. The fourth-order valence-electron chi connectivity index (χ4n) is 1.59. The molecule has 1 aromatic rings. The molecule has 0 bridgehead atoms. The van der Waals surface area contributed by atoms with E-state index in [0.29, 0.717) is 30.5 Å². The lowest BCUT2D eigenvalue weighted by molar-refractivity contribution is 0.603. The highest BCUT2D eigenvalue weighted by Gasteiger charge is 2.02. The predicted octanol–water partition coefficient (Wildman–Crippen LogP) is 3.22. The van der Waals surface area contributed by atoms with Gasteiger partial charge >= 0.3 is 0 Å². The van der Waals surface area contributed by atoms with Gasteiger partial charge in [0, 0.05) is 17.1 Å². The van der Waals surface area contributed by atoms with Crippen molar-refractivity contribution in [3.05, 3.63) is 34.1 Å². The van der Waals surface area contributed by atoms with Gasteiger partial charge < -0.3 is 11.1 Å². The van der Waals surface area contributed by atoms with E-state index < -0.39 is 0 Å². The van der Waals surface area contributed by atoms with Gasteiger partial charge in [0.1, 0.15) is 5.82 Å². The zero-order valence-corrected chi connectivity index (χ0v) is 13.0. The van der Waals surface area contributed by atoms with Crippen LogP contribution in [0, 0.1) is 5.82 Å². The standard InChI is InChI=1S/C14H21BrFN3/c1-3-10(2)19-14(17)18-8-4-5-11-6-7-12(15)9-13(11)16/h6-7,9-10H,3-5,8H2,1-2H3,(H3,17,18,19). The molecule has 1 atom stereocenters. The van der Waals surface area contributed by atoms with E-state index in [1.807, 2.05) is 6.07 Å². The number of nitrogens with two attached hydrogens (primary N) is 1. The van der Waals surface area contributed by atoms with Crippen LogP contribution < -0.4 is 11.1 Å². The first-order valence-electron chi connectivity index (χ1n) is 6.53. The summed E-state index contributed by atoms with van der Waals surface area (Å²) in [5, 5.41) is 3.09. The fraction of sp³-hybridized carbons (Fsp3) is 0.500. The third-order valence-electron chi connectivity index (χ3n) is 2.91. The number of rotatable bonds is 6. The molecule has 1 aromatic carbocycles. The van der Waals surface area contributed by atoms with E-state index in [1.165, 1.54) is 6.07 Å². The molecular weight excluding hydrogens is 309 g/mol. The normalized spacial score (nSPS) is 13.4. The maximum absolute atomic E-state index is 13.6. The van der Waals surface area contributed by atoms with Crippen LogP contribution in [0.25, 0.3) is 0 Å². The zero-order chi connectivity index (χ0) is 14.3. The number of aryl methyl sites for hydroxylation is 1. The Balaban J connectivity index is 2.36. The largest absolute Gasteiger partial charge is 0.370 e. The highest BCUT2D eigenvalue weighted by Crippen LogP contribution is 2.16. The van der Waals surface area contributed by atoms with Crippen LogP contribution in [-0.4, -0.2) is 18.5 Å². The minimum absolute atomic E-state index is 0.177. The van der Waals surface area contributed by atoms with Crippen LogP contribution in [0.2, 0.25) is 0 Å². The molecule has 0 radical (unpaired) electrons. The molecule has 0 saturated heterocycles. The minimum Gasteiger partial charge on any atom is -0.370 e. The second kappa shape index (κ2) is 8.15. The summed E-state index contributed by atoms with van der Waals surface area (Å²) in [5.41, 5.74) is 6.45. The maximum Gasteiger partial charge on any atom is 0.188 e. The van der Waals surface area contributed by atoms with Crippen LogP contribution in [0.4, 0.5) is 4.39 Å². The first-order chi connectivity index (χ1) is 9.02. The van der Waals surface area contributed by atoms with Crippen molar-refractivity contribution in [3.8, 4) is 0 Å². The van der Waals surface area contributed by atoms with Crippen LogP contribution in [0.3, 0.4) is 0 Å². The van der Waals surface area contributed by atoms with E-state index in [4.69, 9.17) is 5.73 Å². The molecule has 0 spiro atoms. The van der Waals surface area contributed by atoms with Gasteiger partial charge in [-0.15, -0.1) is 0 Å². The summed E-state index contributed by atoms with van der Waals surface area (Å²) in [7, 11) is 0. The Hall–Kier alpha value is -1.10. The van der Waals surface area contributed by atoms with Crippen LogP contribution in [0.1, 0.15) is 32.3 Å². The zero-order valence-electron chi connectivity index (χ0n) is 11.4. The van der Waals surface area contributed by atoms with E-state index in [-0.39, 0.29) is 5.82 Å². The maximum atomic E-state index is 13.6. The predicted molar refractivity (Wildman–Crippen MR) is 81.8 cm³/mol. The lowest BCUT2D eigenvalue weighted by atomic mass is 10.1. The van der Waals surface area contributed by atoms with Gasteiger partial charge in [-0.2, -0.15) is 0 Å². The highest BCUT2D eigenvalue weighted by molar-refractivity contribution is 9.10. The van der Waals surface area contributed by atoms with Crippen LogP contribution in [0.5, 0.6) is 0 Å². The van der Waals surface area contributed by atoms with Gasteiger partial charge in [0.15, 0.2) is 5.96 Å². The minimum atomic E-state index is -0.177. The third-order valence-corrected chi connectivity index (χ3v) is 3.40. The Labute approximate surface area is 122 Å². The molecule has 106 valence electrons. The van der Waals surface area contributed by atoms with Crippen molar-refractivity contribution in [2.75, 3.05) is 6.54 Å². The van der Waals surface area contributed by atoms with Gasteiger partial charge in [-0.1, -0.05) is 28.9 Å². The van der Waals surface area contributed by atoms with E-state index in [2.05, 4.69) is 40.1 Å². The summed E-state index contributed by atoms with van der Waals surface area (Å²) in [6.45, 7) is 4.74. The van der Waals surface area contributed by atoms with Crippen molar-refractivity contribution in [2.24, 2.45) is 10.7 Å². The molecule has 0 aliphatic rings. The molecule has 3 nitrogen and oxygen atoms in total. The number of benzene rings is 1. The molecule has 3 N–H and O–H groups in total. The Morgan fingerprint density at radius 3 is 2.89 bits per heavy atom. The molecule has 1 rings (SSSR count). The van der Waals surface area contributed by atoms with E-state index in [9.17, 15) is 4.39 Å². The van der Waals surface area contributed by atoms with Crippen molar-refractivity contribution >= 4 is 21.9 Å². The molecule has 0 aromatic heterocycles. The smallest absolute Gasteiger partial charge is 0.188 e. The number of hydrogen-bond acceptors (Lipinski definition) is 1. The average Bonchev–Trinajstić information content (AvgIpc) is 2.36. The van der Waals surface area contributed by atoms with E-state index in [1.54, 1.807) is 6.07 Å². The number of halogens is 2. The SMILES string of the molecule is CCC(C)NC(N)=NCCCc1ccc(Br)cc1F. The molecule has 0 aliphatic heterocycles. The molecule has 0 amide bonds. The Morgan fingerprint density at radius 1 is 1.53 bits per heavy atom. The Morgan fingerprint density at radius 2 is 2.26 bits per heavy atom. The summed E-state index contributed by atoms with van der Waals surface area (Å²) < 4.78 is 14.3. The van der Waals surface area contributed by atoms with Crippen molar-refractivity contribution in [2.45, 2.75) is 39.2 Å². The van der Waals surface area contributed by atoms with E-state index in [0.717, 1.165) is 17.3 Å². The number of nitrogens with zero attached hydrogens (tertiary/aromatic N) is 1. The summed E-state index contributed by atoms with van der Waals surface area (Å²) >= 11 is 3.24. The molecule has 0 aliphatic carbocycles. The van der Waals surface area contributed by atoms with Crippen molar-refractivity contribution in [3.63, 3.8) is 0 Å². The molecule has 0 saturated carbocycles. The number of nitrogens with one attached hydrogen (secondary N) is 1. The summed E-state index contributed by atoms with van der Waals surface area (Å²) in [4.78, 5) is 4.23. The van der Waals surface area contributed by atoms with Crippen molar-refractivity contribution < 1.29 is 4.39 Å². The first-order valence-corrected chi connectivity index (χ1v) is 7.32. The Bertz CT molecular complexity index is 435. The average molecular weight is 330 g/mol. The number of aliphatic imine (C=N–C) groups is 1. The monoisotopic (exact) mass is 329 g/mol. The van der Waals surface area contributed by atoms with Gasteiger partial charge in [0.05, 0.1) is 0 Å². The van der Waals surface area contributed by atoms with E-state index >= 15 is 0 Å². The third kappa shape index (κ3) is 6.05. The summed E-state index contributed by atoms with van der Waals surface area (Å²) in [6, 6.07) is 5.45. The summed E-state index contributed by atoms with van der Waals surface area (Å²) in [6.07, 6.45) is 2.45. The molecule has 0 fully saturated rings. The van der Waals surface area contributed by atoms with Crippen LogP contribution in [-0.2, 0) is 6.42 Å². The second-order valence-electron chi connectivity index (χ2n) is 4.56. The quantitative estimate of drug-likeness (QED) is 0.478. The van der Waals surface area contributed by atoms with Crippen LogP contribution in [0.15, 0.2) is 27.7 Å².